The van der Waals surface area contributed by atoms with Crippen LogP contribution in [0.4, 0.5) is 27.8 Å². The van der Waals surface area contributed by atoms with E-state index < -0.39 is 23.8 Å². The first-order valence-corrected chi connectivity index (χ1v) is 12.2. The van der Waals surface area contributed by atoms with Gasteiger partial charge >= 0.3 is 12.1 Å². The van der Waals surface area contributed by atoms with E-state index in [1.54, 1.807) is 6.07 Å². The quantitative estimate of drug-likeness (QED) is 0.313. The molecule has 0 amide bonds. The molecule has 0 radical (unpaired) electrons. The molecule has 3 heterocycles. The maximum absolute atomic E-state index is 13.7. The Morgan fingerprint density at radius 1 is 0.951 bits per heavy atom. The molecule has 2 aromatic carbocycles. The Hall–Kier alpha value is -4.81. The molecule has 2 aliphatic heterocycles. The van der Waals surface area contributed by atoms with Crippen LogP contribution in [0.2, 0.25) is 0 Å². The van der Waals surface area contributed by atoms with E-state index >= 15 is 0 Å². The lowest BCUT2D eigenvalue weighted by atomic mass is 10.1. The first kappa shape index (κ1) is 29.2. The fraction of sp³-hybridized carbons (Fsp3) is 0.214. The molecule has 1 aromatic heterocycles. The molecule has 2 aliphatic rings. The molecule has 0 unspecified atom stereocenters. The molecule has 1 N–H and O–H groups in total. The predicted molar refractivity (Wildman–Crippen MR) is 138 cm³/mol. The van der Waals surface area contributed by atoms with Crippen LogP contribution in [0.15, 0.2) is 83.7 Å². The number of carboxylic acids is 1. The number of carbonyl (C=O) groups is 1. The van der Waals surface area contributed by atoms with Gasteiger partial charge in [0.25, 0.3) is 0 Å². The van der Waals surface area contributed by atoms with Gasteiger partial charge in [-0.25, -0.2) is 13.6 Å². The maximum Gasteiger partial charge on any atom is 0.490 e. The van der Waals surface area contributed by atoms with Crippen LogP contribution in [0.3, 0.4) is 0 Å². The third-order valence-electron chi connectivity index (χ3n) is 5.75. The maximum atomic E-state index is 13.7. The standard InChI is InChI=1S/C26H23F2N3O3.C2HF3O2/c27-21-13-20(14-22(28)15-21)23-16-26(34-29-23)31(11-5-10-30-8-3-1-2-4-9-30)17-19-6-7-24-25(12-19)33-18-32-24;3-2(4,5)1(6)7/h1-4,6-9,12-16H,5,10-11,17-18H2;(H,6,7). The summed E-state index contributed by atoms with van der Waals surface area (Å²) in [5, 5.41) is 11.2. The Kier molecular flexibility index (Phi) is 9.27. The predicted octanol–water partition coefficient (Wildman–Crippen LogP) is 6.28. The number of anilines is 1. The third kappa shape index (κ3) is 8.34. The molecule has 0 spiro atoms. The summed E-state index contributed by atoms with van der Waals surface area (Å²) in [6, 6.07) is 10.8. The van der Waals surface area contributed by atoms with Crippen molar-refractivity contribution < 1.29 is 45.8 Å². The molecule has 0 fully saturated rings. The van der Waals surface area contributed by atoms with E-state index in [0.717, 1.165) is 30.3 Å². The van der Waals surface area contributed by atoms with Crippen molar-refractivity contribution in [3.8, 4) is 22.8 Å². The molecule has 5 rings (SSSR count). The Bertz CT molecular complexity index is 1410. The molecule has 0 atom stereocenters. The van der Waals surface area contributed by atoms with Crippen LogP contribution < -0.4 is 14.4 Å². The smallest absolute Gasteiger partial charge is 0.475 e. The molecule has 8 nitrogen and oxygen atoms in total. The van der Waals surface area contributed by atoms with Gasteiger partial charge in [0.1, 0.15) is 17.3 Å². The topological polar surface area (TPSA) is 88.3 Å². The normalized spacial score (nSPS) is 13.5. The van der Waals surface area contributed by atoms with Gasteiger partial charge in [0, 0.05) is 49.7 Å². The molecule has 0 saturated heterocycles. The Balaban J connectivity index is 0.000000493. The number of fused-ring (bicyclic) bond motifs is 1. The van der Waals surface area contributed by atoms with Crippen molar-refractivity contribution in [3.05, 3.63) is 96.4 Å². The van der Waals surface area contributed by atoms with Crippen LogP contribution in [-0.4, -0.2) is 47.2 Å². The molecular formula is C28H24F5N3O5. The summed E-state index contributed by atoms with van der Waals surface area (Å²) in [6.07, 6.45) is 7.74. The fourth-order valence-electron chi connectivity index (χ4n) is 3.87. The zero-order chi connectivity index (χ0) is 29.4. The summed E-state index contributed by atoms with van der Waals surface area (Å²) in [5.41, 5.74) is 1.70. The van der Waals surface area contributed by atoms with Gasteiger partial charge in [0.05, 0.1) is 0 Å². The van der Waals surface area contributed by atoms with Crippen molar-refractivity contribution in [2.45, 2.75) is 19.1 Å². The molecule has 41 heavy (non-hydrogen) atoms. The van der Waals surface area contributed by atoms with E-state index in [2.05, 4.69) is 10.1 Å². The summed E-state index contributed by atoms with van der Waals surface area (Å²) in [6.45, 7) is 2.23. The number of halogens is 5. The zero-order valence-electron chi connectivity index (χ0n) is 21.4. The zero-order valence-corrected chi connectivity index (χ0v) is 21.4. The van der Waals surface area contributed by atoms with Gasteiger partial charge < -0.3 is 28.9 Å². The lowest BCUT2D eigenvalue weighted by Crippen LogP contribution is -2.26. The Morgan fingerprint density at radius 2 is 1.61 bits per heavy atom. The number of aromatic nitrogens is 1. The van der Waals surface area contributed by atoms with Crippen molar-refractivity contribution in [1.29, 1.82) is 0 Å². The molecular weight excluding hydrogens is 553 g/mol. The SMILES string of the molecule is Fc1cc(F)cc(-c2cc(N(CCCN3C=CC=CC=C3)Cc3ccc4c(c3)OCO4)on2)c1.O=C(O)C(F)(F)F. The number of aliphatic carboxylic acids is 1. The second-order valence-corrected chi connectivity index (χ2v) is 8.78. The van der Waals surface area contributed by atoms with Crippen LogP contribution in [0.5, 0.6) is 11.5 Å². The Labute approximate surface area is 231 Å². The largest absolute Gasteiger partial charge is 0.490 e. The summed E-state index contributed by atoms with van der Waals surface area (Å²) < 4.78 is 75.7. The lowest BCUT2D eigenvalue weighted by molar-refractivity contribution is -0.192. The molecule has 216 valence electrons. The lowest BCUT2D eigenvalue weighted by Gasteiger charge is -2.23. The minimum atomic E-state index is -5.08. The van der Waals surface area contributed by atoms with Crippen molar-refractivity contribution in [2.75, 3.05) is 24.8 Å². The van der Waals surface area contributed by atoms with Gasteiger partial charge in [-0.3, -0.25) is 0 Å². The van der Waals surface area contributed by atoms with Crippen LogP contribution in [0.1, 0.15) is 12.0 Å². The molecule has 0 aliphatic carbocycles. The van der Waals surface area contributed by atoms with Crippen molar-refractivity contribution in [3.63, 3.8) is 0 Å². The monoisotopic (exact) mass is 577 g/mol. The van der Waals surface area contributed by atoms with Gasteiger partial charge in [0.15, 0.2) is 11.5 Å². The van der Waals surface area contributed by atoms with Crippen molar-refractivity contribution in [2.24, 2.45) is 0 Å². The fourth-order valence-corrected chi connectivity index (χ4v) is 3.87. The molecule has 0 bridgehead atoms. The number of allylic oxidation sites excluding steroid dienone is 4. The van der Waals surface area contributed by atoms with Crippen LogP contribution in [0.25, 0.3) is 11.3 Å². The molecule has 3 aromatic rings. The second kappa shape index (κ2) is 13.0. The first-order valence-electron chi connectivity index (χ1n) is 12.2. The third-order valence-corrected chi connectivity index (χ3v) is 5.75. The van der Waals surface area contributed by atoms with Gasteiger partial charge in [-0.2, -0.15) is 13.2 Å². The first-order chi connectivity index (χ1) is 19.6. The molecule has 0 saturated carbocycles. The van der Waals surface area contributed by atoms with Gasteiger partial charge in [-0.15, -0.1) is 0 Å². The highest BCUT2D eigenvalue weighted by Gasteiger charge is 2.38. The van der Waals surface area contributed by atoms with Gasteiger partial charge in [-0.1, -0.05) is 23.4 Å². The van der Waals surface area contributed by atoms with Crippen LogP contribution in [-0.2, 0) is 11.3 Å². The van der Waals surface area contributed by atoms with Crippen molar-refractivity contribution >= 4 is 11.9 Å². The van der Waals surface area contributed by atoms with E-state index in [0.29, 0.717) is 36.0 Å². The summed E-state index contributed by atoms with van der Waals surface area (Å²) >= 11 is 0. The van der Waals surface area contributed by atoms with E-state index in [-0.39, 0.29) is 6.79 Å². The molecule has 13 heteroatoms. The number of ether oxygens (including phenoxy) is 2. The van der Waals surface area contributed by atoms with Crippen molar-refractivity contribution in [1.82, 2.24) is 10.1 Å². The number of benzene rings is 2. The number of carboxylic acid groups (broad SMARTS) is 1. The highest BCUT2D eigenvalue weighted by molar-refractivity contribution is 5.73. The number of rotatable bonds is 8. The highest BCUT2D eigenvalue weighted by Crippen LogP contribution is 2.34. The second-order valence-electron chi connectivity index (χ2n) is 8.78. The number of hydrogen-bond acceptors (Lipinski definition) is 7. The minimum absolute atomic E-state index is 0.212. The summed E-state index contributed by atoms with van der Waals surface area (Å²) in [5.74, 6) is -2.14. The van der Waals surface area contributed by atoms with Gasteiger partial charge in [-0.05, 0) is 48.4 Å². The Morgan fingerprint density at radius 3 is 2.27 bits per heavy atom. The highest BCUT2D eigenvalue weighted by atomic mass is 19.4. The van der Waals surface area contributed by atoms with Crippen LogP contribution >= 0.6 is 0 Å². The van der Waals surface area contributed by atoms with Gasteiger partial charge in [0.2, 0.25) is 12.7 Å². The van der Waals surface area contributed by atoms with Crippen LogP contribution in [0, 0.1) is 11.6 Å². The number of alkyl halides is 3. The number of nitrogens with zero attached hydrogens (tertiary/aromatic N) is 3. The average molecular weight is 578 g/mol. The number of hydrogen-bond donors (Lipinski definition) is 1. The van der Waals surface area contributed by atoms with E-state index in [9.17, 15) is 22.0 Å². The van der Waals surface area contributed by atoms with E-state index in [4.69, 9.17) is 23.9 Å². The van der Waals surface area contributed by atoms with E-state index in [1.807, 2.05) is 59.8 Å². The minimum Gasteiger partial charge on any atom is -0.475 e. The van der Waals surface area contributed by atoms with E-state index in [1.165, 1.54) is 12.1 Å². The summed E-state index contributed by atoms with van der Waals surface area (Å²) in [7, 11) is 0. The summed E-state index contributed by atoms with van der Waals surface area (Å²) in [4.78, 5) is 13.1. The average Bonchev–Trinajstić information content (AvgIpc) is 3.52.